The molecule has 2 amide bonds. The third-order valence-corrected chi connectivity index (χ3v) is 4.75. The molecule has 7 heteroatoms. The molecule has 1 atom stereocenters. The Labute approximate surface area is 179 Å². The highest BCUT2D eigenvalue weighted by atomic mass is 19.1. The molecule has 0 bridgehead atoms. The van der Waals surface area contributed by atoms with Crippen molar-refractivity contribution in [2.75, 3.05) is 23.7 Å². The first kappa shape index (κ1) is 22.1. The Kier molecular flexibility index (Phi) is 7.45. The Bertz CT molecular complexity index is 1010. The number of hydrogen-bond donors (Lipinski definition) is 2. The summed E-state index contributed by atoms with van der Waals surface area (Å²) >= 11 is 0. The summed E-state index contributed by atoms with van der Waals surface area (Å²) in [4.78, 5) is 27.4. The number of carbonyl (C=O) groups is 2. The van der Waals surface area contributed by atoms with E-state index >= 15 is 0 Å². The van der Waals surface area contributed by atoms with Gasteiger partial charge in [0.25, 0.3) is 0 Å². The van der Waals surface area contributed by atoms with Gasteiger partial charge < -0.3 is 10.6 Å². The number of halogens is 2. The summed E-state index contributed by atoms with van der Waals surface area (Å²) < 4.78 is 27.8. The van der Waals surface area contributed by atoms with E-state index in [1.165, 1.54) is 6.07 Å². The number of likely N-dealkylation sites (N-methyl/N-ethyl adjacent to an activating group) is 1. The summed E-state index contributed by atoms with van der Waals surface area (Å²) in [6.45, 7) is 1.93. The average molecular weight is 423 g/mol. The number of carbonyl (C=O) groups excluding carboxylic acids is 2. The molecule has 31 heavy (non-hydrogen) atoms. The molecule has 160 valence electrons. The summed E-state index contributed by atoms with van der Waals surface area (Å²) in [7, 11) is 0. The average Bonchev–Trinajstić information content (AvgIpc) is 2.77. The van der Waals surface area contributed by atoms with E-state index in [0.717, 1.165) is 12.1 Å². The molecule has 0 fully saturated rings. The van der Waals surface area contributed by atoms with Crippen LogP contribution in [0.25, 0.3) is 0 Å². The molecule has 1 unspecified atom stereocenters. The van der Waals surface area contributed by atoms with Crippen LogP contribution in [0.3, 0.4) is 0 Å². The highest BCUT2D eigenvalue weighted by Gasteiger charge is 2.28. The standard InChI is InChI=1S/C24H23F2N3O2/c1-2-29(16-21(30)28-22-19(25)14-9-15-20(22)26)23(17-10-5-3-6-11-17)24(31)27-18-12-7-4-8-13-18/h3-15,23H,2,16H2,1H3,(H,27,31)(H,28,30). The van der Waals surface area contributed by atoms with Crippen LogP contribution < -0.4 is 10.6 Å². The molecule has 0 aliphatic heterocycles. The molecular weight excluding hydrogens is 400 g/mol. The van der Waals surface area contributed by atoms with Crippen LogP contribution in [0.4, 0.5) is 20.2 Å². The predicted molar refractivity (Wildman–Crippen MR) is 116 cm³/mol. The quantitative estimate of drug-likeness (QED) is 0.557. The van der Waals surface area contributed by atoms with Crippen molar-refractivity contribution in [3.63, 3.8) is 0 Å². The fourth-order valence-electron chi connectivity index (χ4n) is 3.26. The number of benzene rings is 3. The summed E-state index contributed by atoms with van der Waals surface area (Å²) in [5.74, 6) is -2.67. The van der Waals surface area contributed by atoms with Crippen LogP contribution in [0, 0.1) is 11.6 Å². The van der Waals surface area contributed by atoms with Crippen molar-refractivity contribution in [1.82, 2.24) is 4.90 Å². The molecule has 3 aromatic rings. The lowest BCUT2D eigenvalue weighted by Gasteiger charge is -2.29. The third kappa shape index (κ3) is 5.73. The van der Waals surface area contributed by atoms with Crippen molar-refractivity contribution < 1.29 is 18.4 Å². The minimum atomic E-state index is -0.863. The van der Waals surface area contributed by atoms with Gasteiger partial charge in [-0.25, -0.2) is 8.78 Å². The van der Waals surface area contributed by atoms with E-state index in [9.17, 15) is 18.4 Å². The van der Waals surface area contributed by atoms with Crippen molar-refractivity contribution in [2.24, 2.45) is 0 Å². The summed E-state index contributed by atoms with van der Waals surface area (Å²) in [6.07, 6.45) is 0. The van der Waals surface area contributed by atoms with Crippen LogP contribution in [0.15, 0.2) is 78.9 Å². The maximum atomic E-state index is 13.9. The fourth-order valence-corrected chi connectivity index (χ4v) is 3.26. The molecule has 3 rings (SSSR count). The Balaban J connectivity index is 1.82. The number of para-hydroxylation sites is 2. The van der Waals surface area contributed by atoms with Gasteiger partial charge in [-0.15, -0.1) is 0 Å². The van der Waals surface area contributed by atoms with E-state index in [2.05, 4.69) is 10.6 Å². The summed E-state index contributed by atoms with van der Waals surface area (Å²) in [5.41, 5.74) is 0.818. The summed E-state index contributed by atoms with van der Waals surface area (Å²) in [6, 6.07) is 20.6. The lowest BCUT2D eigenvalue weighted by atomic mass is 10.0. The van der Waals surface area contributed by atoms with Gasteiger partial charge in [0.1, 0.15) is 23.4 Å². The van der Waals surface area contributed by atoms with E-state index in [0.29, 0.717) is 17.8 Å². The van der Waals surface area contributed by atoms with Crippen molar-refractivity contribution in [3.05, 3.63) is 96.1 Å². The molecule has 0 saturated heterocycles. The lowest BCUT2D eigenvalue weighted by molar-refractivity contribution is -0.123. The SMILES string of the molecule is CCN(CC(=O)Nc1c(F)cccc1F)C(C(=O)Nc1ccccc1)c1ccccc1. The number of hydrogen-bond acceptors (Lipinski definition) is 3. The highest BCUT2D eigenvalue weighted by Crippen LogP contribution is 2.24. The van der Waals surface area contributed by atoms with Crippen LogP contribution in [0.2, 0.25) is 0 Å². The largest absolute Gasteiger partial charge is 0.324 e. The van der Waals surface area contributed by atoms with Gasteiger partial charge in [-0.3, -0.25) is 14.5 Å². The van der Waals surface area contributed by atoms with E-state index in [4.69, 9.17) is 0 Å². The first-order chi connectivity index (χ1) is 15.0. The van der Waals surface area contributed by atoms with E-state index < -0.39 is 29.3 Å². The molecule has 2 N–H and O–H groups in total. The summed E-state index contributed by atoms with van der Waals surface area (Å²) in [5, 5.41) is 5.14. The zero-order chi connectivity index (χ0) is 22.2. The number of rotatable bonds is 8. The van der Waals surface area contributed by atoms with Gasteiger partial charge in [0.2, 0.25) is 11.8 Å². The molecule has 0 saturated carbocycles. The molecule has 0 aliphatic carbocycles. The molecule has 5 nitrogen and oxygen atoms in total. The van der Waals surface area contributed by atoms with Gasteiger partial charge >= 0.3 is 0 Å². The lowest BCUT2D eigenvalue weighted by Crippen LogP contribution is -2.41. The maximum absolute atomic E-state index is 13.9. The van der Waals surface area contributed by atoms with Gasteiger partial charge in [0.15, 0.2) is 0 Å². The first-order valence-electron chi connectivity index (χ1n) is 9.88. The van der Waals surface area contributed by atoms with Crippen molar-refractivity contribution >= 4 is 23.2 Å². The number of nitrogens with zero attached hydrogens (tertiary/aromatic N) is 1. The van der Waals surface area contributed by atoms with E-state index in [1.54, 1.807) is 53.4 Å². The Morgan fingerprint density at radius 2 is 1.42 bits per heavy atom. The third-order valence-electron chi connectivity index (χ3n) is 4.75. The van der Waals surface area contributed by atoms with Crippen molar-refractivity contribution in [1.29, 1.82) is 0 Å². The Hall–Kier alpha value is -3.58. The minimum absolute atomic E-state index is 0.230. The number of anilines is 2. The van der Waals surface area contributed by atoms with Crippen LogP contribution >= 0.6 is 0 Å². The monoisotopic (exact) mass is 423 g/mol. The zero-order valence-corrected chi connectivity index (χ0v) is 17.0. The molecule has 0 heterocycles. The topological polar surface area (TPSA) is 61.4 Å². The van der Waals surface area contributed by atoms with Crippen LogP contribution in [0.5, 0.6) is 0 Å². The van der Waals surface area contributed by atoms with Gasteiger partial charge in [-0.05, 0) is 36.4 Å². The maximum Gasteiger partial charge on any atom is 0.246 e. The number of amides is 2. The second-order valence-corrected chi connectivity index (χ2v) is 6.88. The second-order valence-electron chi connectivity index (χ2n) is 6.88. The van der Waals surface area contributed by atoms with Gasteiger partial charge in [-0.1, -0.05) is 61.5 Å². The number of nitrogens with one attached hydrogen (secondary N) is 2. The van der Waals surface area contributed by atoms with Gasteiger partial charge in [-0.2, -0.15) is 0 Å². The second kappa shape index (κ2) is 10.4. The first-order valence-corrected chi connectivity index (χ1v) is 9.88. The Morgan fingerprint density at radius 1 is 0.839 bits per heavy atom. The van der Waals surface area contributed by atoms with Crippen LogP contribution in [-0.2, 0) is 9.59 Å². The van der Waals surface area contributed by atoms with Crippen LogP contribution in [-0.4, -0.2) is 29.8 Å². The van der Waals surface area contributed by atoms with Crippen molar-refractivity contribution in [3.8, 4) is 0 Å². The molecule has 0 aliphatic rings. The van der Waals surface area contributed by atoms with E-state index in [1.807, 2.05) is 19.1 Å². The van der Waals surface area contributed by atoms with Gasteiger partial charge in [0, 0.05) is 5.69 Å². The zero-order valence-electron chi connectivity index (χ0n) is 17.0. The minimum Gasteiger partial charge on any atom is -0.324 e. The molecule has 0 spiro atoms. The smallest absolute Gasteiger partial charge is 0.246 e. The Morgan fingerprint density at radius 3 is 2.00 bits per heavy atom. The molecule has 0 radical (unpaired) electrons. The molecular formula is C24H23F2N3O2. The predicted octanol–water partition coefficient (Wildman–Crippen LogP) is 4.61. The molecule has 0 aromatic heterocycles. The van der Waals surface area contributed by atoms with Crippen LogP contribution in [0.1, 0.15) is 18.5 Å². The molecule has 3 aromatic carbocycles. The van der Waals surface area contributed by atoms with Gasteiger partial charge in [0.05, 0.1) is 6.54 Å². The van der Waals surface area contributed by atoms with Crippen molar-refractivity contribution in [2.45, 2.75) is 13.0 Å². The highest BCUT2D eigenvalue weighted by molar-refractivity contribution is 5.97. The fraction of sp³-hybridized carbons (Fsp3) is 0.167. The normalized spacial score (nSPS) is 11.7. The van der Waals surface area contributed by atoms with E-state index in [-0.39, 0.29) is 12.5 Å².